The lowest BCUT2D eigenvalue weighted by Crippen LogP contribution is -2.33. The molecule has 4 heteroatoms. The highest BCUT2D eigenvalue weighted by Gasteiger charge is 2.51. The second-order valence-corrected chi connectivity index (χ2v) is 4.67. The molecule has 1 amide bonds. The van der Waals surface area contributed by atoms with Crippen molar-refractivity contribution in [3.63, 3.8) is 0 Å². The van der Waals surface area contributed by atoms with Crippen LogP contribution < -0.4 is 4.74 Å². The Morgan fingerprint density at radius 1 is 1.50 bits per heavy atom. The van der Waals surface area contributed by atoms with Crippen LogP contribution in [0.25, 0.3) is 0 Å². The number of hydrogen-bond acceptors (Lipinski definition) is 3. The molecule has 0 heterocycles. The average Bonchev–Trinajstić information content (AvgIpc) is 3.19. The van der Waals surface area contributed by atoms with Crippen molar-refractivity contribution in [2.24, 2.45) is 5.41 Å². The van der Waals surface area contributed by atoms with Gasteiger partial charge in [0, 0.05) is 19.2 Å². The molecular formula is C14H16N2O2. The summed E-state index contributed by atoms with van der Waals surface area (Å²) in [6.07, 6.45) is 1.36. The lowest BCUT2D eigenvalue weighted by molar-refractivity contribution is -0.134. The first kappa shape index (κ1) is 12.4. The summed E-state index contributed by atoms with van der Waals surface area (Å²) in [5.41, 5.74) is 0.195. The lowest BCUT2D eigenvalue weighted by atomic mass is 10.1. The second-order valence-electron chi connectivity index (χ2n) is 4.67. The molecule has 18 heavy (non-hydrogen) atoms. The molecule has 2 rings (SSSR count). The monoisotopic (exact) mass is 244 g/mol. The van der Waals surface area contributed by atoms with Gasteiger partial charge in [-0.25, -0.2) is 0 Å². The number of para-hydroxylation sites is 1. The van der Waals surface area contributed by atoms with Crippen molar-refractivity contribution in [2.75, 3.05) is 14.2 Å². The van der Waals surface area contributed by atoms with Gasteiger partial charge in [-0.2, -0.15) is 5.26 Å². The van der Waals surface area contributed by atoms with Crippen molar-refractivity contribution in [1.82, 2.24) is 4.90 Å². The Balaban J connectivity index is 2.10. The van der Waals surface area contributed by atoms with Crippen LogP contribution in [0.1, 0.15) is 18.4 Å². The molecule has 0 unspecified atom stereocenters. The SMILES string of the molecule is COc1ccccc1CN(C)C(=O)C1(C#N)CC1. The summed E-state index contributed by atoms with van der Waals surface area (Å²) in [4.78, 5) is 13.7. The highest BCUT2D eigenvalue weighted by molar-refractivity contribution is 5.88. The summed E-state index contributed by atoms with van der Waals surface area (Å²) in [5.74, 6) is 0.676. The molecule has 1 aromatic rings. The molecule has 0 radical (unpaired) electrons. The average molecular weight is 244 g/mol. The van der Waals surface area contributed by atoms with Crippen LogP contribution in [0, 0.1) is 16.7 Å². The van der Waals surface area contributed by atoms with Crippen molar-refractivity contribution in [2.45, 2.75) is 19.4 Å². The Morgan fingerprint density at radius 2 is 2.17 bits per heavy atom. The first-order valence-electron chi connectivity index (χ1n) is 5.92. The molecule has 1 aliphatic carbocycles. The molecule has 0 aliphatic heterocycles. The van der Waals surface area contributed by atoms with E-state index < -0.39 is 5.41 Å². The first-order valence-corrected chi connectivity index (χ1v) is 5.92. The van der Waals surface area contributed by atoms with E-state index in [-0.39, 0.29) is 5.91 Å². The largest absolute Gasteiger partial charge is 0.496 e. The summed E-state index contributed by atoms with van der Waals surface area (Å²) in [6.45, 7) is 0.465. The van der Waals surface area contributed by atoms with Gasteiger partial charge in [0.2, 0.25) is 5.91 Å². The normalized spacial score (nSPS) is 15.6. The third kappa shape index (κ3) is 2.17. The molecule has 0 atom stereocenters. The van der Waals surface area contributed by atoms with Gasteiger partial charge < -0.3 is 9.64 Å². The Morgan fingerprint density at radius 3 is 2.72 bits per heavy atom. The van der Waals surface area contributed by atoms with E-state index in [9.17, 15) is 4.79 Å². The van der Waals surface area contributed by atoms with E-state index in [1.165, 1.54) is 0 Å². The van der Waals surface area contributed by atoms with Gasteiger partial charge in [-0.3, -0.25) is 4.79 Å². The van der Waals surface area contributed by atoms with Gasteiger partial charge in [0.25, 0.3) is 0 Å². The molecule has 0 spiro atoms. The van der Waals surface area contributed by atoms with Gasteiger partial charge in [-0.15, -0.1) is 0 Å². The van der Waals surface area contributed by atoms with Crippen molar-refractivity contribution in [3.05, 3.63) is 29.8 Å². The van der Waals surface area contributed by atoms with Gasteiger partial charge in [0.1, 0.15) is 11.2 Å². The van der Waals surface area contributed by atoms with Crippen molar-refractivity contribution >= 4 is 5.91 Å². The van der Waals surface area contributed by atoms with Crippen molar-refractivity contribution in [3.8, 4) is 11.8 Å². The number of benzene rings is 1. The highest BCUT2D eigenvalue weighted by Crippen LogP contribution is 2.46. The molecule has 4 nitrogen and oxygen atoms in total. The van der Waals surface area contributed by atoms with E-state index in [1.807, 2.05) is 24.3 Å². The number of hydrogen-bond donors (Lipinski definition) is 0. The predicted octanol–water partition coefficient (Wildman–Crippen LogP) is 1.96. The van der Waals surface area contributed by atoms with E-state index in [0.717, 1.165) is 11.3 Å². The Kier molecular flexibility index (Phi) is 3.24. The van der Waals surface area contributed by atoms with E-state index >= 15 is 0 Å². The number of amides is 1. The van der Waals surface area contributed by atoms with Gasteiger partial charge in [-0.05, 0) is 18.9 Å². The van der Waals surface area contributed by atoms with Crippen LogP contribution in [0.3, 0.4) is 0 Å². The van der Waals surface area contributed by atoms with Crippen molar-refractivity contribution < 1.29 is 9.53 Å². The number of nitriles is 1. The van der Waals surface area contributed by atoms with Crippen LogP contribution >= 0.6 is 0 Å². The number of methoxy groups -OCH3 is 1. The molecule has 0 N–H and O–H groups in total. The zero-order valence-corrected chi connectivity index (χ0v) is 10.6. The first-order chi connectivity index (χ1) is 8.63. The summed E-state index contributed by atoms with van der Waals surface area (Å²) in [5, 5.41) is 9.02. The van der Waals surface area contributed by atoms with E-state index in [1.54, 1.807) is 19.1 Å². The fourth-order valence-corrected chi connectivity index (χ4v) is 2.02. The van der Waals surface area contributed by atoms with E-state index in [0.29, 0.717) is 19.4 Å². The number of carbonyl (C=O) groups is 1. The summed E-state index contributed by atoms with van der Waals surface area (Å²) in [7, 11) is 3.34. The summed E-state index contributed by atoms with van der Waals surface area (Å²) >= 11 is 0. The van der Waals surface area contributed by atoms with Crippen LogP contribution in [-0.2, 0) is 11.3 Å². The van der Waals surface area contributed by atoms with E-state index in [2.05, 4.69) is 6.07 Å². The molecule has 0 bridgehead atoms. The van der Waals surface area contributed by atoms with Gasteiger partial charge >= 0.3 is 0 Å². The molecular weight excluding hydrogens is 228 g/mol. The Hall–Kier alpha value is -2.02. The maximum Gasteiger partial charge on any atom is 0.243 e. The van der Waals surface area contributed by atoms with E-state index in [4.69, 9.17) is 10.00 Å². The van der Waals surface area contributed by atoms with Crippen LogP contribution in [-0.4, -0.2) is 25.0 Å². The molecule has 0 aromatic heterocycles. The minimum atomic E-state index is -0.753. The van der Waals surface area contributed by atoms with Gasteiger partial charge in [0.05, 0.1) is 13.2 Å². The predicted molar refractivity (Wildman–Crippen MR) is 66.7 cm³/mol. The van der Waals surface area contributed by atoms with Crippen LogP contribution in [0.15, 0.2) is 24.3 Å². The second kappa shape index (κ2) is 4.69. The van der Waals surface area contributed by atoms with Crippen LogP contribution in [0.5, 0.6) is 5.75 Å². The summed E-state index contributed by atoms with van der Waals surface area (Å²) < 4.78 is 5.25. The fraction of sp³-hybridized carbons (Fsp3) is 0.429. The molecule has 1 aromatic carbocycles. The summed E-state index contributed by atoms with van der Waals surface area (Å²) in [6, 6.07) is 9.72. The van der Waals surface area contributed by atoms with Crippen molar-refractivity contribution in [1.29, 1.82) is 5.26 Å². The third-order valence-corrected chi connectivity index (χ3v) is 3.32. The third-order valence-electron chi connectivity index (χ3n) is 3.32. The zero-order chi connectivity index (χ0) is 13.2. The Bertz CT molecular complexity index is 501. The quantitative estimate of drug-likeness (QED) is 0.813. The maximum atomic E-state index is 12.1. The highest BCUT2D eigenvalue weighted by atomic mass is 16.5. The number of carbonyl (C=O) groups excluding carboxylic acids is 1. The standard InChI is InChI=1S/C14H16N2O2/c1-16(13(17)14(10-15)7-8-14)9-11-5-3-4-6-12(11)18-2/h3-6H,7-9H2,1-2H3. The maximum absolute atomic E-state index is 12.1. The molecule has 1 saturated carbocycles. The molecule has 1 aliphatic rings. The van der Waals surface area contributed by atoms with Crippen LogP contribution in [0.2, 0.25) is 0 Å². The number of ether oxygens (including phenoxy) is 1. The fourth-order valence-electron chi connectivity index (χ4n) is 2.02. The zero-order valence-electron chi connectivity index (χ0n) is 10.6. The topological polar surface area (TPSA) is 53.3 Å². The smallest absolute Gasteiger partial charge is 0.243 e. The number of nitrogens with zero attached hydrogens (tertiary/aromatic N) is 2. The Labute approximate surface area is 107 Å². The molecule has 94 valence electrons. The molecule has 1 fully saturated rings. The van der Waals surface area contributed by atoms with Crippen LogP contribution in [0.4, 0.5) is 0 Å². The molecule has 0 saturated heterocycles. The van der Waals surface area contributed by atoms with Gasteiger partial charge in [-0.1, -0.05) is 18.2 Å². The lowest BCUT2D eigenvalue weighted by Gasteiger charge is -2.20. The number of rotatable bonds is 4. The minimum absolute atomic E-state index is 0.0871. The minimum Gasteiger partial charge on any atom is -0.496 e. The van der Waals surface area contributed by atoms with Gasteiger partial charge in [0.15, 0.2) is 0 Å².